The number of carbonyl (C=O) groups is 1. The zero-order valence-corrected chi connectivity index (χ0v) is 16.5. The Bertz CT molecular complexity index is 1120. The Balaban J connectivity index is 1.52. The molecule has 0 saturated carbocycles. The van der Waals surface area contributed by atoms with Crippen LogP contribution in [0.25, 0.3) is 11.1 Å². The van der Waals surface area contributed by atoms with Crippen molar-refractivity contribution in [3.8, 4) is 22.6 Å². The first kappa shape index (κ1) is 19.1. The second-order valence-corrected chi connectivity index (χ2v) is 6.95. The summed E-state index contributed by atoms with van der Waals surface area (Å²) in [6.45, 7) is 0. The molecule has 2 aromatic carbocycles. The number of pyridine rings is 1. The van der Waals surface area contributed by atoms with Crippen LogP contribution in [0.1, 0.15) is 10.5 Å². The Hall–Kier alpha value is -3.28. The first-order valence-corrected chi connectivity index (χ1v) is 9.48. The molecule has 2 N–H and O–H groups in total. The molecule has 0 aliphatic rings. The predicted molar refractivity (Wildman–Crippen MR) is 115 cm³/mol. The van der Waals surface area contributed by atoms with E-state index >= 15 is 0 Å². The van der Waals surface area contributed by atoms with Gasteiger partial charge in [0.15, 0.2) is 0 Å². The Morgan fingerprint density at radius 1 is 0.931 bits per heavy atom. The highest BCUT2D eigenvalue weighted by molar-refractivity contribution is 6.39. The third kappa shape index (κ3) is 4.26. The lowest BCUT2D eigenvalue weighted by Crippen LogP contribution is -2.13. The van der Waals surface area contributed by atoms with Gasteiger partial charge in [0.1, 0.15) is 17.2 Å². The molecule has 29 heavy (non-hydrogen) atoms. The lowest BCUT2D eigenvalue weighted by atomic mass is 10.1. The van der Waals surface area contributed by atoms with Crippen LogP contribution < -0.4 is 10.1 Å². The quantitative estimate of drug-likeness (QED) is 0.388. The maximum atomic E-state index is 12.8. The van der Waals surface area contributed by atoms with Gasteiger partial charge in [-0.05, 0) is 54.6 Å². The van der Waals surface area contributed by atoms with Crippen LogP contribution in [0.2, 0.25) is 10.0 Å². The summed E-state index contributed by atoms with van der Waals surface area (Å²) >= 11 is 12.6. The molecule has 0 aliphatic heterocycles. The van der Waals surface area contributed by atoms with Gasteiger partial charge in [0.05, 0.1) is 6.20 Å². The molecular formula is C22H15Cl2N3O2. The molecule has 0 atom stereocenters. The van der Waals surface area contributed by atoms with E-state index in [0.717, 1.165) is 0 Å². The van der Waals surface area contributed by atoms with Crippen molar-refractivity contribution in [2.75, 3.05) is 5.32 Å². The normalized spacial score (nSPS) is 10.6. The van der Waals surface area contributed by atoms with Gasteiger partial charge in [-0.3, -0.25) is 9.78 Å². The highest BCUT2D eigenvalue weighted by Gasteiger charge is 2.18. The second kappa shape index (κ2) is 8.39. The monoisotopic (exact) mass is 423 g/mol. The van der Waals surface area contributed by atoms with Gasteiger partial charge in [0, 0.05) is 39.3 Å². The van der Waals surface area contributed by atoms with Crippen molar-refractivity contribution < 1.29 is 9.53 Å². The lowest BCUT2D eigenvalue weighted by Gasteiger charge is -2.10. The molecule has 1 amide bonds. The van der Waals surface area contributed by atoms with E-state index in [-0.39, 0.29) is 5.91 Å². The highest BCUT2D eigenvalue weighted by Crippen LogP contribution is 2.36. The van der Waals surface area contributed by atoms with Crippen LogP contribution in [0.3, 0.4) is 0 Å². The van der Waals surface area contributed by atoms with Crippen LogP contribution in [-0.2, 0) is 0 Å². The van der Waals surface area contributed by atoms with Gasteiger partial charge in [0.2, 0.25) is 0 Å². The summed E-state index contributed by atoms with van der Waals surface area (Å²) in [6, 6.07) is 17.7. The zero-order chi connectivity index (χ0) is 20.2. The van der Waals surface area contributed by atoms with Crippen LogP contribution in [0, 0.1) is 0 Å². The first-order chi connectivity index (χ1) is 14.1. The molecule has 0 spiro atoms. The molecule has 144 valence electrons. The summed E-state index contributed by atoms with van der Waals surface area (Å²) in [7, 11) is 0. The number of ether oxygens (including phenoxy) is 1. The third-order valence-electron chi connectivity index (χ3n) is 4.19. The van der Waals surface area contributed by atoms with Crippen molar-refractivity contribution in [1.82, 2.24) is 9.97 Å². The number of nitrogens with zero attached hydrogens (tertiary/aromatic N) is 1. The number of aromatic amines is 1. The molecule has 4 rings (SSSR count). The molecule has 0 radical (unpaired) electrons. The molecule has 0 aliphatic carbocycles. The summed E-state index contributed by atoms with van der Waals surface area (Å²) in [5.74, 6) is 0.971. The van der Waals surface area contributed by atoms with Gasteiger partial charge in [-0.2, -0.15) is 0 Å². The maximum absolute atomic E-state index is 12.8. The van der Waals surface area contributed by atoms with Gasteiger partial charge in [-0.1, -0.05) is 29.3 Å². The number of H-pyrrole nitrogens is 1. The summed E-state index contributed by atoms with van der Waals surface area (Å²) in [5, 5.41) is 3.81. The fraction of sp³-hybridized carbons (Fsp3) is 0. The minimum Gasteiger partial charge on any atom is -0.456 e. The fourth-order valence-electron chi connectivity index (χ4n) is 2.86. The molecule has 2 heterocycles. The topological polar surface area (TPSA) is 67.0 Å². The maximum Gasteiger partial charge on any atom is 0.272 e. The van der Waals surface area contributed by atoms with Gasteiger partial charge in [0.25, 0.3) is 5.91 Å². The van der Waals surface area contributed by atoms with Crippen molar-refractivity contribution in [3.63, 3.8) is 0 Å². The number of halogens is 2. The Labute approximate surface area is 177 Å². The van der Waals surface area contributed by atoms with Crippen LogP contribution in [-0.4, -0.2) is 15.9 Å². The van der Waals surface area contributed by atoms with Crippen molar-refractivity contribution in [2.24, 2.45) is 0 Å². The molecular weight excluding hydrogens is 409 g/mol. The van der Waals surface area contributed by atoms with Crippen molar-refractivity contribution in [2.45, 2.75) is 0 Å². The number of carbonyl (C=O) groups excluding carboxylic acids is 1. The van der Waals surface area contributed by atoms with Crippen molar-refractivity contribution in [1.29, 1.82) is 0 Å². The largest absolute Gasteiger partial charge is 0.456 e. The first-order valence-electron chi connectivity index (χ1n) is 8.73. The smallest absolute Gasteiger partial charge is 0.272 e. The summed E-state index contributed by atoms with van der Waals surface area (Å²) in [6.07, 6.45) is 4.98. The Morgan fingerprint density at radius 2 is 1.69 bits per heavy atom. The van der Waals surface area contributed by atoms with Crippen molar-refractivity contribution in [3.05, 3.63) is 95.0 Å². The van der Waals surface area contributed by atoms with Gasteiger partial charge in [-0.25, -0.2) is 0 Å². The van der Waals surface area contributed by atoms with E-state index in [1.54, 1.807) is 73.2 Å². The number of aromatic nitrogens is 2. The van der Waals surface area contributed by atoms with Crippen LogP contribution in [0.15, 0.2) is 79.3 Å². The molecule has 5 nitrogen and oxygen atoms in total. The summed E-state index contributed by atoms with van der Waals surface area (Å²) < 4.78 is 5.70. The Morgan fingerprint density at radius 3 is 2.38 bits per heavy atom. The van der Waals surface area contributed by atoms with Gasteiger partial charge < -0.3 is 15.0 Å². The summed E-state index contributed by atoms with van der Waals surface area (Å²) in [5.41, 5.74) is 2.24. The van der Waals surface area contributed by atoms with Crippen LogP contribution >= 0.6 is 23.2 Å². The number of hydrogen-bond donors (Lipinski definition) is 2. The number of anilines is 1. The van der Waals surface area contributed by atoms with Crippen LogP contribution in [0.4, 0.5) is 5.69 Å². The third-order valence-corrected chi connectivity index (χ3v) is 4.82. The van der Waals surface area contributed by atoms with Gasteiger partial charge >= 0.3 is 0 Å². The molecule has 7 heteroatoms. The number of hydrogen-bond acceptors (Lipinski definition) is 3. The zero-order valence-electron chi connectivity index (χ0n) is 15.0. The van der Waals surface area contributed by atoms with E-state index in [4.69, 9.17) is 27.9 Å². The highest BCUT2D eigenvalue weighted by atomic mass is 35.5. The van der Waals surface area contributed by atoms with E-state index < -0.39 is 0 Å². The molecule has 2 aromatic heterocycles. The number of amides is 1. The lowest BCUT2D eigenvalue weighted by molar-refractivity contribution is 0.102. The minimum absolute atomic E-state index is 0.304. The molecule has 0 unspecified atom stereocenters. The van der Waals surface area contributed by atoms with E-state index in [0.29, 0.717) is 44.1 Å². The minimum atomic E-state index is -0.304. The van der Waals surface area contributed by atoms with E-state index in [1.165, 1.54) is 0 Å². The molecule has 0 saturated heterocycles. The summed E-state index contributed by atoms with van der Waals surface area (Å²) in [4.78, 5) is 19.8. The molecule has 4 aromatic rings. The predicted octanol–water partition coefficient (Wildman–Crippen LogP) is 6.43. The standard InChI is InChI=1S/C22H15Cl2N3O2/c23-18-4-1-5-19(24)20(18)17-10-12-26-21(17)22(28)27-14-6-8-15(9-7-14)29-16-3-2-11-25-13-16/h1-13,26H,(H,27,28). The Kier molecular flexibility index (Phi) is 5.51. The number of benzene rings is 2. The van der Waals surface area contributed by atoms with Gasteiger partial charge in [-0.15, -0.1) is 0 Å². The average molecular weight is 424 g/mol. The number of nitrogens with one attached hydrogen (secondary N) is 2. The van der Waals surface area contributed by atoms with E-state index in [9.17, 15) is 4.79 Å². The fourth-order valence-corrected chi connectivity index (χ4v) is 3.47. The molecule has 0 fully saturated rings. The van der Waals surface area contributed by atoms with Crippen molar-refractivity contribution >= 4 is 34.8 Å². The average Bonchev–Trinajstić information content (AvgIpc) is 3.20. The second-order valence-electron chi connectivity index (χ2n) is 6.13. The van der Waals surface area contributed by atoms with E-state index in [2.05, 4.69) is 15.3 Å². The number of rotatable bonds is 5. The molecule has 0 bridgehead atoms. The van der Waals surface area contributed by atoms with E-state index in [1.807, 2.05) is 6.07 Å². The van der Waals surface area contributed by atoms with Crippen LogP contribution in [0.5, 0.6) is 11.5 Å². The SMILES string of the molecule is O=C(Nc1ccc(Oc2cccnc2)cc1)c1[nH]ccc1-c1c(Cl)cccc1Cl.